The zero-order valence-corrected chi connectivity index (χ0v) is 18.6. The van der Waals surface area contributed by atoms with E-state index in [9.17, 15) is 18.0 Å². The molecule has 3 aromatic carbocycles. The summed E-state index contributed by atoms with van der Waals surface area (Å²) < 4.78 is 33.7. The molecule has 0 aromatic heterocycles. The third-order valence-corrected chi connectivity index (χ3v) is 6.06. The number of carbonyl (C=O) groups excluding carboxylic acids is 2. The van der Waals surface area contributed by atoms with Crippen molar-refractivity contribution in [3.05, 3.63) is 77.9 Å². The van der Waals surface area contributed by atoms with Crippen molar-refractivity contribution in [2.24, 2.45) is 0 Å². The minimum atomic E-state index is -3.97. The zero-order chi connectivity index (χ0) is 23.3. The number of para-hydroxylation sites is 2. The van der Waals surface area contributed by atoms with E-state index in [1.54, 1.807) is 67.6 Å². The first-order valence-corrected chi connectivity index (χ1v) is 11.1. The van der Waals surface area contributed by atoms with Crippen LogP contribution in [0.2, 0.25) is 0 Å². The summed E-state index contributed by atoms with van der Waals surface area (Å²) >= 11 is 0. The molecule has 0 atom stereocenters. The van der Waals surface area contributed by atoms with Crippen molar-refractivity contribution in [3.8, 4) is 5.75 Å². The number of sulfonamides is 1. The van der Waals surface area contributed by atoms with Crippen LogP contribution in [0.1, 0.15) is 22.8 Å². The second-order valence-corrected chi connectivity index (χ2v) is 8.65. The lowest BCUT2D eigenvalue weighted by atomic mass is 10.1. The van der Waals surface area contributed by atoms with Crippen LogP contribution in [0.25, 0.3) is 0 Å². The summed E-state index contributed by atoms with van der Waals surface area (Å²) in [5.74, 6) is -0.284. The number of carbonyl (C=O) groups is 2. The molecule has 0 saturated heterocycles. The molecule has 0 fully saturated rings. The fourth-order valence-electron chi connectivity index (χ4n) is 3.00. The van der Waals surface area contributed by atoms with Gasteiger partial charge in [-0.3, -0.25) is 14.3 Å². The molecule has 0 bridgehead atoms. The average molecular weight is 454 g/mol. The Morgan fingerprint density at radius 3 is 2.12 bits per heavy atom. The Labute approximate surface area is 186 Å². The SMILES string of the molecule is COc1ccccc1NS(=O)(=O)c1cc(C(=O)Nc2ccc(NC(C)=O)cc2)ccc1C. The highest BCUT2D eigenvalue weighted by atomic mass is 32.2. The maximum absolute atomic E-state index is 13.0. The third-order valence-electron chi connectivity index (χ3n) is 4.55. The van der Waals surface area contributed by atoms with Crippen LogP contribution < -0.4 is 20.1 Å². The van der Waals surface area contributed by atoms with Crippen molar-refractivity contribution in [3.63, 3.8) is 0 Å². The van der Waals surface area contributed by atoms with E-state index < -0.39 is 15.9 Å². The van der Waals surface area contributed by atoms with Crippen LogP contribution >= 0.6 is 0 Å². The molecule has 0 unspecified atom stereocenters. The maximum Gasteiger partial charge on any atom is 0.262 e. The monoisotopic (exact) mass is 453 g/mol. The van der Waals surface area contributed by atoms with Gasteiger partial charge in [0.2, 0.25) is 5.91 Å². The molecule has 0 spiro atoms. The molecular weight excluding hydrogens is 430 g/mol. The Morgan fingerprint density at radius 1 is 0.875 bits per heavy atom. The summed E-state index contributed by atoms with van der Waals surface area (Å²) in [6.45, 7) is 3.06. The molecule has 0 aliphatic rings. The lowest BCUT2D eigenvalue weighted by Crippen LogP contribution is -2.17. The molecule has 9 heteroatoms. The van der Waals surface area contributed by atoms with Crippen LogP contribution in [0, 0.1) is 6.92 Å². The molecule has 0 heterocycles. The van der Waals surface area contributed by atoms with Gasteiger partial charge in [0, 0.05) is 23.9 Å². The van der Waals surface area contributed by atoms with Gasteiger partial charge in [-0.2, -0.15) is 0 Å². The molecular formula is C23H23N3O5S. The Hall–Kier alpha value is -3.85. The molecule has 3 aromatic rings. The van der Waals surface area contributed by atoms with E-state index in [4.69, 9.17) is 4.74 Å². The molecule has 3 rings (SSSR count). The van der Waals surface area contributed by atoms with Gasteiger partial charge in [0.05, 0.1) is 17.7 Å². The van der Waals surface area contributed by atoms with E-state index in [0.29, 0.717) is 28.4 Å². The summed E-state index contributed by atoms with van der Waals surface area (Å²) in [5, 5.41) is 5.36. The number of amides is 2. The van der Waals surface area contributed by atoms with Crippen LogP contribution in [-0.4, -0.2) is 27.3 Å². The van der Waals surface area contributed by atoms with Crippen molar-refractivity contribution in [2.75, 3.05) is 22.5 Å². The number of anilines is 3. The fraction of sp³-hybridized carbons (Fsp3) is 0.130. The van der Waals surface area contributed by atoms with Gasteiger partial charge in [-0.05, 0) is 61.0 Å². The Kier molecular flexibility index (Phi) is 6.79. The number of hydrogen-bond donors (Lipinski definition) is 3. The van der Waals surface area contributed by atoms with Crippen LogP contribution in [-0.2, 0) is 14.8 Å². The Bertz CT molecular complexity index is 1250. The van der Waals surface area contributed by atoms with E-state index in [2.05, 4.69) is 15.4 Å². The van der Waals surface area contributed by atoms with E-state index in [1.165, 1.54) is 20.1 Å². The minimum absolute atomic E-state index is 0.0166. The summed E-state index contributed by atoms with van der Waals surface area (Å²) in [6.07, 6.45) is 0. The predicted molar refractivity (Wildman–Crippen MR) is 124 cm³/mol. The highest BCUT2D eigenvalue weighted by molar-refractivity contribution is 7.92. The molecule has 0 aliphatic carbocycles. The number of ether oxygens (including phenoxy) is 1. The van der Waals surface area contributed by atoms with Gasteiger partial charge in [-0.15, -0.1) is 0 Å². The Balaban J connectivity index is 1.83. The molecule has 2 amide bonds. The number of rotatable bonds is 7. The van der Waals surface area contributed by atoms with Gasteiger partial charge < -0.3 is 15.4 Å². The van der Waals surface area contributed by atoms with Crippen molar-refractivity contribution >= 4 is 38.9 Å². The smallest absolute Gasteiger partial charge is 0.262 e. The van der Waals surface area contributed by atoms with E-state index in [1.807, 2.05) is 0 Å². The fourth-order valence-corrected chi connectivity index (χ4v) is 4.35. The van der Waals surface area contributed by atoms with Gasteiger partial charge in [-0.1, -0.05) is 18.2 Å². The lowest BCUT2D eigenvalue weighted by Gasteiger charge is -2.14. The van der Waals surface area contributed by atoms with Crippen LogP contribution in [0.5, 0.6) is 5.75 Å². The maximum atomic E-state index is 13.0. The summed E-state index contributed by atoms with van der Waals surface area (Å²) in [7, 11) is -2.52. The highest BCUT2D eigenvalue weighted by Crippen LogP contribution is 2.27. The molecule has 0 aliphatic heterocycles. The minimum Gasteiger partial charge on any atom is -0.495 e. The topological polar surface area (TPSA) is 114 Å². The number of nitrogens with one attached hydrogen (secondary N) is 3. The van der Waals surface area contributed by atoms with Gasteiger partial charge in [0.15, 0.2) is 0 Å². The standard InChI is InChI=1S/C23H23N3O5S/c1-15-8-9-17(23(28)25-19-12-10-18(11-13-19)24-16(2)27)14-22(15)32(29,30)26-20-6-4-5-7-21(20)31-3/h4-14,26H,1-3H3,(H,24,27)(H,25,28). The quantitative estimate of drug-likeness (QED) is 0.500. The largest absolute Gasteiger partial charge is 0.495 e. The van der Waals surface area contributed by atoms with Crippen LogP contribution in [0.4, 0.5) is 17.1 Å². The molecule has 0 radical (unpaired) electrons. The van der Waals surface area contributed by atoms with Crippen molar-refractivity contribution in [2.45, 2.75) is 18.7 Å². The van der Waals surface area contributed by atoms with Crippen molar-refractivity contribution < 1.29 is 22.7 Å². The summed E-state index contributed by atoms with van der Waals surface area (Å²) in [5.41, 5.74) is 2.07. The molecule has 3 N–H and O–H groups in total. The van der Waals surface area contributed by atoms with E-state index >= 15 is 0 Å². The number of aryl methyl sites for hydroxylation is 1. The lowest BCUT2D eigenvalue weighted by molar-refractivity contribution is -0.114. The summed E-state index contributed by atoms with van der Waals surface area (Å²) in [4.78, 5) is 23.8. The first kappa shape index (κ1) is 22.8. The predicted octanol–water partition coefficient (Wildman–Crippen LogP) is 4.02. The van der Waals surface area contributed by atoms with E-state index in [0.717, 1.165) is 0 Å². The third kappa shape index (κ3) is 5.44. The van der Waals surface area contributed by atoms with Crippen molar-refractivity contribution in [1.82, 2.24) is 0 Å². The normalized spacial score (nSPS) is 10.8. The van der Waals surface area contributed by atoms with Crippen LogP contribution in [0.3, 0.4) is 0 Å². The highest BCUT2D eigenvalue weighted by Gasteiger charge is 2.21. The Morgan fingerprint density at radius 2 is 1.50 bits per heavy atom. The van der Waals surface area contributed by atoms with Crippen LogP contribution in [0.15, 0.2) is 71.6 Å². The van der Waals surface area contributed by atoms with E-state index in [-0.39, 0.29) is 16.4 Å². The zero-order valence-electron chi connectivity index (χ0n) is 17.8. The molecule has 0 saturated carbocycles. The second kappa shape index (κ2) is 9.52. The second-order valence-electron chi connectivity index (χ2n) is 7.00. The molecule has 8 nitrogen and oxygen atoms in total. The molecule has 32 heavy (non-hydrogen) atoms. The first-order valence-electron chi connectivity index (χ1n) is 9.65. The van der Waals surface area contributed by atoms with Gasteiger partial charge in [-0.25, -0.2) is 8.42 Å². The van der Waals surface area contributed by atoms with Gasteiger partial charge >= 0.3 is 0 Å². The van der Waals surface area contributed by atoms with Crippen molar-refractivity contribution in [1.29, 1.82) is 0 Å². The van der Waals surface area contributed by atoms with Gasteiger partial charge in [0.1, 0.15) is 5.75 Å². The number of hydrogen-bond acceptors (Lipinski definition) is 5. The molecule has 166 valence electrons. The number of methoxy groups -OCH3 is 1. The van der Waals surface area contributed by atoms with Gasteiger partial charge in [0.25, 0.3) is 15.9 Å². The average Bonchev–Trinajstić information content (AvgIpc) is 2.75. The summed E-state index contributed by atoms with van der Waals surface area (Å²) in [6, 6.07) is 17.7. The number of benzene rings is 3. The first-order chi connectivity index (χ1) is 15.2.